The van der Waals surface area contributed by atoms with Crippen molar-refractivity contribution in [3.63, 3.8) is 0 Å². The molecule has 48 heavy (non-hydrogen) atoms. The van der Waals surface area contributed by atoms with Crippen molar-refractivity contribution >= 4 is 35.6 Å². The minimum atomic E-state index is -0.946. The Morgan fingerprint density at radius 3 is 1.85 bits per heavy atom. The van der Waals surface area contributed by atoms with Gasteiger partial charge in [0.25, 0.3) is 11.8 Å². The van der Waals surface area contributed by atoms with Crippen LogP contribution in [0.1, 0.15) is 105 Å². The SMILES string of the molecule is CNC(C(=O)NC(C(=O)N(C)[C@H](/C=C(\C)C(=O)ON1C(=O)CCC1=O)C(C)C)C(C)(C)C)C(C)(C)c1ccc(C(=O)OC(C)(C)C)cc1. The fourth-order valence-electron chi connectivity index (χ4n) is 5.47. The number of carbonyl (C=O) groups excluding carboxylic acids is 6. The van der Waals surface area contributed by atoms with Crippen molar-refractivity contribution in [1.82, 2.24) is 20.6 Å². The average molecular weight is 671 g/mol. The Morgan fingerprint density at radius 1 is 0.896 bits per heavy atom. The number of amides is 4. The predicted octanol–water partition coefficient (Wildman–Crippen LogP) is 4.07. The van der Waals surface area contributed by atoms with Gasteiger partial charge in [0.2, 0.25) is 11.8 Å². The van der Waals surface area contributed by atoms with Crippen molar-refractivity contribution < 1.29 is 38.3 Å². The van der Waals surface area contributed by atoms with Gasteiger partial charge in [0.1, 0.15) is 11.6 Å². The second kappa shape index (κ2) is 15.4. The molecule has 1 saturated heterocycles. The van der Waals surface area contributed by atoms with E-state index in [0.717, 1.165) is 5.56 Å². The highest BCUT2D eigenvalue weighted by Gasteiger charge is 2.42. The normalized spacial score (nSPS) is 16.4. The number of ether oxygens (including phenoxy) is 1. The maximum atomic E-state index is 14.1. The molecule has 1 fully saturated rings. The molecule has 0 spiro atoms. The molecular weight excluding hydrogens is 616 g/mol. The van der Waals surface area contributed by atoms with E-state index in [9.17, 15) is 28.8 Å². The maximum Gasteiger partial charge on any atom is 0.359 e. The molecule has 0 radical (unpaired) electrons. The summed E-state index contributed by atoms with van der Waals surface area (Å²) in [6.07, 6.45) is 1.52. The highest BCUT2D eigenvalue weighted by atomic mass is 16.7. The minimum Gasteiger partial charge on any atom is -0.456 e. The summed E-state index contributed by atoms with van der Waals surface area (Å²) in [5.41, 5.74) is -0.787. The molecule has 2 N–H and O–H groups in total. The van der Waals surface area contributed by atoms with Crippen LogP contribution in [0.15, 0.2) is 35.9 Å². The lowest BCUT2D eigenvalue weighted by molar-refractivity contribution is -0.194. The summed E-state index contributed by atoms with van der Waals surface area (Å²) >= 11 is 0. The van der Waals surface area contributed by atoms with Crippen molar-refractivity contribution in [2.45, 2.75) is 118 Å². The molecule has 0 aliphatic carbocycles. The molecule has 2 rings (SSSR count). The lowest BCUT2D eigenvalue weighted by Gasteiger charge is -2.40. The average Bonchev–Trinajstić information content (AvgIpc) is 3.28. The highest BCUT2D eigenvalue weighted by molar-refractivity contribution is 6.02. The third-order valence-electron chi connectivity index (χ3n) is 8.34. The Balaban J connectivity index is 2.31. The van der Waals surface area contributed by atoms with Gasteiger partial charge in [0.15, 0.2) is 0 Å². The first-order valence-corrected chi connectivity index (χ1v) is 16.3. The highest BCUT2D eigenvalue weighted by Crippen LogP contribution is 2.30. The molecule has 0 bridgehead atoms. The van der Waals surface area contributed by atoms with Crippen molar-refractivity contribution in [3.8, 4) is 0 Å². The molecule has 0 saturated carbocycles. The minimum absolute atomic E-state index is 0.0212. The summed E-state index contributed by atoms with van der Waals surface area (Å²) in [7, 11) is 3.28. The molecule has 0 aromatic heterocycles. The van der Waals surface area contributed by atoms with Crippen molar-refractivity contribution in [2.24, 2.45) is 11.3 Å². The van der Waals surface area contributed by atoms with Gasteiger partial charge in [-0.05, 0) is 63.8 Å². The third kappa shape index (κ3) is 9.98. The van der Waals surface area contributed by atoms with Crippen LogP contribution in [-0.4, -0.2) is 83.4 Å². The molecule has 2 unspecified atom stereocenters. The van der Waals surface area contributed by atoms with Crippen LogP contribution in [-0.2, 0) is 39.0 Å². The van der Waals surface area contributed by atoms with Crippen LogP contribution >= 0.6 is 0 Å². The zero-order valence-electron chi connectivity index (χ0n) is 30.8. The summed E-state index contributed by atoms with van der Waals surface area (Å²) < 4.78 is 5.47. The van der Waals surface area contributed by atoms with Gasteiger partial charge in [0, 0.05) is 30.9 Å². The molecule has 1 aliphatic heterocycles. The number of esters is 1. The summed E-state index contributed by atoms with van der Waals surface area (Å²) in [5, 5.41) is 6.58. The smallest absolute Gasteiger partial charge is 0.359 e. The number of imide groups is 1. The summed E-state index contributed by atoms with van der Waals surface area (Å²) in [6, 6.07) is 4.63. The molecule has 1 heterocycles. The second-order valence-corrected chi connectivity index (χ2v) is 15.3. The lowest BCUT2D eigenvalue weighted by atomic mass is 9.76. The van der Waals surface area contributed by atoms with Crippen LogP contribution in [0.5, 0.6) is 0 Å². The van der Waals surface area contributed by atoms with E-state index >= 15 is 0 Å². The van der Waals surface area contributed by atoms with Crippen LogP contribution in [0.3, 0.4) is 0 Å². The Morgan fingerprint density at radius 2 is 1.42 bits per heavy atom. The molecule has 4 amide bonds. The first-order valence-electron chi connectivity index (χ1n) is 16.3. The van der Waals surface area contributed by atoms with Gasteiger partial charge in [-0.3, -0.25) is 19.2 Å². The van der Waals surface area contributed by atoms with Crippen molar-refractivity contribution in [3.05, 3.63) is 47.0 Å². The van der Waals surface area contributed by atoms with Gasteiger partial charge < -0.3 is 25.1 Å². The van der Waals surface area contributed by atoms with Gasteiger partial charge >= 0.3 is 11.9 Å². The van der Waals surface area contributed by atoms with E-state index in [4.69, 9.17) is 9.57 Å². The number of rotatable bonds is 12. The number of nitrogens with zero attached hydrogens (tertiary/aromatic N) is 2. The number of hydrogen-bond acceptors (Lipinski definition) is 9. The number of carbonyl (C=O) groups is 6. The van der Waals surface area contributed by atoms with Crippen LogP contribution in [0.25, 0.3) is 0 Å². The molecule has 3 atom stereocenters. The van der Waals surface area contributed by atoms with E-state index in [-0.39, 0.29) is 30.2 Å². The second-order valence-electron chi connectivity index (χ2n) is 15.3. The fourth-order valence-corrected chi connectivity index (χ4v) is 5.47. The Labute approximate surface area is 284 Å². The zero-order valence-corrected chi connectivity index (χ0v) is 30.8. The molecule has 1 aliphatic rings. The van der Waals surface area contributed by atoms with E-state index in [0.29, 0.717) is 10.6 Å². The quantitative estimate of drug-likeness (QED) is 0.191. The van der Waals surface area contributed by atoms with E-state index in [1.807, 2.05) is 48.5 Å². The molecule has 266 valence electrons. The Kier molecular flexibility index (Phi) is 12.9. The third-order valence-corrected chi connectivity index (χ3v) is 8.34. The van der Waals surface area contributed by atoms with Gasteiger partial charge in [-0.2, -0.15) is 0 Å². The van der Waals surface area contributed by atoms with Crippen LogP contribution < -0.4 is 10.6 Å². The predicted molar refractivity (Wildman–Crippen MR) is 181 cm³/mol. The van der Waals surface area contributed by atoms with Crippen LogP contribution in [0.4, 0.5) is 0 Å². The first-order chi connectivity index (χ1) is 21.9. The molecule has 1 aromatic carbocycles. The molecule has 12 heteroatoms. The van der Waals surface area contributed by atoms with Crippen molar-refractivity contribution in [1.29, 1.82) is 0 Å². The number of likely N-dealkylation sites (N-methyl/N-ethyl adjacent to an activating group) is 2. The standard InChI is InChI=1S/C36H54N4O8/c1-21(2)25(20-22(3)32(45)48-40-26(41)18-19-27(40)42)39(13)31(44)29(34(4,5)6)38-30(43)28(37-12)36(10,11)24-16-14-23(15-17-24)33(46)47-35(7,8)9/h14-17,20-21,25,28-29,37H,18-19H2,1-13H3,(H,38,43)/b22-20+/t25-,28?,29?/m1/s1. The van der Waals surface area contributed by atoms with E-state index < -0.39 is 64.2 Å². The van der Waals surface area contributed by atoms with Gasteiger partial charge in [-0.15, -0.1) is 5.06 Å². The Hall–Kier alpha value is -4.06. The summed E-state index contributed by atoms with van der Waals surface area (Å²) in [4.78, 5) is 83.8. The van der Waals surface area contributed by atoms with Crippen LogP contribution in [0.2, 0.25) is 0 Å². The fraction of sp³-hybridized carbons (Fsp3) is 0.611. The number of hydroxylamine groups is 2. The largest absolute Gasteiger partial charge is 0.456 e. The molecular formula is C36H54N4O8. The summed E-state index contributed by atoms with van der Waals surface area (Å²) in [5.74, 6) is -3.39. The van der Waals surface area contributed by atoms with Gasteiger partial charge in [-0.1, -0.05) is 66.7 Å². The van der Waals surface area contributed by atoms with E-state index in [2.05, 4.69) is 10.6 Å². The molecule has 12 nitrogen and oxygen atoms in total. The van der Waals surface area contributed by atoms with Crippen molar-refractivity contribution in [2.75, 3.05) is 14.1 Å². The zero-order chi connectivity index (χ0) is 36.9. The monoisotopic (exact) mass is 670 g/mol. The Bertz CT molecular complexity index is 1400. The first kappa shape index (κ1) is 40.1. The number of benzene rings is 1. The molecule has 1 aromatic rings. The van der Waals surface area contributed by atoms with E-state index in [1.54, 1.807) is 65.2 Å². The summed E-state index contributed by atoms with van der Waals surface area (Å²) in [6.45, 7) is 20.0. The number of nitrogens with one attached hydrogen (secondary N) is 2. The maximum absolute atomic E-state index is 14.1. The topological polar surface area (TPSA) is 151 Å². The van der Waals surface area contributed by atoms with Gasteiger partial charge in [-0.25, -0.2) is 9.59 Å². The van der Waals surface area contributed by atoms with Gasteiger partial charge in [0.05, 0.1) is 17.6 Å². The van der Waals surface area contributed by atoms with E-state index in [1.165, 1.54) is 11.8 Å². The number of hydrogen-bond donors (Lipinski definition) is 2. The lowest BCUT2D eigenvalue weighted by Crippen LogP contribution is -2.61. The van der Waals surface area contributed by atoms with Crippen LogP contribution in [0, 0.1) is 11.3 Å².